The third kappa shape index (κ3) is 5.89. The Kier molecular flexibility index (Phi) is 7.64. The zero-order valence-electron chi connectivity index (χ0n) is 15.1. The standard InChI is InChI=1S/C20H24N2O4/c1-3-11-26-18-9-5-7-16(14-18)20(24)22-17-8-4-6-15(13-17)19(23)21-10-12-25-2/h4-9,13-14H,3,10-12H2,1-2H3,(H,21,23)(H,22,24). The summed E-state index contributed by atoms with van der Waals surface area (Å²) in [6, 6.07) is 13.8. The minimum atomic E-state index is -0.260. The van der Waals surface area contributed by atoms with Crippen molar-refractivity contribution >= 4 is 17.5 Å². The second-order valence-corrected chi connectivity index (χ2v) is 5.66. The van der Waals surface area contributed by atoms with Gasteiger partial charge < -0.3 is 20.1 Å². The first-order valence-corrected chi connectivity index (χ1v) is 8.55. The fourth-order valence-corrected chi connectivity index (χ4v) is 2.26. The van der Waals surface area contributed by atoms with Gasteiger partial charge in [-0.15, -0.1) is 0 Å². The molecular weight excluding hydrogens is 332 g/mol. The van der Waals surface area contributed by atoms with Gasteiger partial charge in [0.1, 0.15) is 5.75 Å². The van der Waals surface area contributed by atoms with Gasteiger partial charge in [0.25, 0.3) is 11.8 Å². The monoisotopic (exact) mass is 356 g/mol. The average Bonchev–Trinajstić information content (AvgIpc) is 2.67. The summed E-state index contributed by atoms with van der Waals surface area (Å²) in [7, 11) is 1.57. The molecule has 26 heavy (non-hydrogen) atoms. The van der Waals surface area contributed by atoms with Crippen LogP contribution in [0.2, 0.25) is 0 Å². The van der Waals surface area contributed by atoms with Crippen LogP contribution in [-0.2, 0) is 4.74 Å². The van der Waals surface area contributed by atoms with Crippen LogP contribution in [-0.4, -0.2) is 38.7 Å². The molecule has 0 saturated carbocycles. The highest BCUT2D eigenvalue weighted by Crippen LogP contribution is 2.16. The van der Waals surface area contributed by atoms with Crippen LogP contribution in [0.25, 0.3) is 0 Å². The first-order chi connectivity index (χ1) is 12.6. The van der Waals surface area contributed by atoms with Gasteiger partial charge in [-0.1, -0.05) is 19.1 Å². The summed E-state index contributed by atoms with van der Waals surface area (Å²) in [5.41, 5.74) is 1.52. The Morgan fingerprint density at radius 3 is 2.42 bits per heavy atom. The number of carbonyl (C=O) groups is 2. The van der Waals surface area contributed by atoms with E-state index in [-0.39, 0.29) is 11.8 Å². The Hall–Kier alpha value is -2.86. The van der Waals surface area contributed by atoms with Crippen LogP contribution in [0.3, 0.4) is 0 Å². The molecule has 0 saturated heterocycles. The highest BCUT2D eigenvalue weighted by Gasteiger charge is 2.10. The molecule has 138 valence electrons. The summed E-state index contributed by atoms with van der Waals surface area (Å²) >= 11 is 0. The zero-order valence-corrected chi connectivity index (χ0v) is 15.1. The molecule has 0 atom stereocenters. The van der Waals surface area contributed by atoms with E-state index >= 15 is 0 Å². The van der Waals surface area contributed by atoms with Gasteiger partial charge in [0, 0.05) is 30.5 Å². The lowest BCUT2D eigenvalue weighted by molar-refractivity contribution is 0.0936. The number of rotatable bonds is 9. The molecule has 0 unspecified atom stereocenters. The summed E-state index contributed by atoms with van der Waals surface area (Å²) < 4.78 is 10.5. The summed E-state index contributed by atoms with van der Waals surface area (Å²) in [6.07, 6.45) is 0.898. The van der Waals surface area contributed by atoms with Crippen LogP contribution in [0.15, 0.2) is 48.5 Å². The topological polar surface area (TPSA) is 76.7 Å². The predicted octanol–water partition coefficient (Wildman–Crippen LogP) is 3.10. The fraction of sp³-hybridized carbons (Fsp3) is 0.300. The van der Waals surface area contributed by atoms with Crippen molar-refractivity contribution in [3.63, 3.8) is 0 Å². The second kappa shape index (κ2) is 10.2. The van der Waals surface area contributed by atoms with Crippen molar-refractivity contribution in [2.24, 2.45) is 0 Å². The maximum atomic E-state index is 12.4. The number of nitrogens with one attached hydrogen (secondary N) is 2. The molecule has 2 aromatic rings. The number of hydrogen-bond acceptors (Lipinski definition) is 4. The first kappa shape index (κ1) is 19.5. The number of hydrogen-bond donors (Lipinski definition) is 2. The molecule has 0 heterocycles. The van der Waals surface area contributed by atoms with Crippen LogP contribution in [0.5, 0.6) is 5.75 Å². The molecule has 0 aliphatic rings. The highest BCUT2D eigenvalue weighted by atomic mass is 16.5. The van der Waals surface area contributed by atoms with Gasteiger partial charge in [-0.05, 0) is 42.8 Å². The lowest BCUT2D eigenvalue weighted by Gasteiger charge is -2.09. The van der Waals surface area contributed by atoms with E-state index < -0.39 is 0 Å². The third-order valence-electron chi connectivity index (χ3n) is 3.54. The maximum absolute atomic E-state index is 12.4. The number of methoxy groups -OCH3 is 1. The Morgan fingerprint density at radius 2 is 1.69 bits per heavy atom. The molecule has 0 aliphatic carbocycles. The van der Waals surface area contributed by atoms with Crippen molar-refractivity contribution in [2.75, 3.05) is 32.2 Å². The van der Waals surface area contributed by atoms with Crippen LogP contribution in [0.4, 0.5) is 5.69 Å². The summed E-state index contributed by atoms with van der Waals surface area (Å²) in [4.78, 5) is 24.5. The maximum Gasteiger partial charge on any atom is 0.255 e. The zero-order chi connectivity index (χ0) is 18.8. The lowest BCUT2D eigenvalue weighted by Crippen LogP contribution is -2.27. The molecule has 0 spiro atoms. The van der Waals surface area contributed by atoms with E-state index in [1.807, 2.05) is 13.0 Å². The van der Waals surface area contributed by atoms with Crippen LogP contribution in [0.1, 0.15) is 34.1 Å². The molecule has 2 rings (SSSR count). The molecule has 2 N–H and O–H groups in total. The molecule has 6 heteroatoms. The number of ether oxygens (including phenoxy) is 2. The summed E-state index contributed by atoms with van der Waals surface area (Å²) in [5, 5.41) is 5.55. The largest absolute Gasteiger partial charge is 0.494 e. The van der Waals surface area contributed by atoms with E-state index in [4.69, 9.17) is 9.47 Å². The Labute approximate surface area is 153 Å². The molecule has 0 fully saturated rings. The summed E-state index contributed by atoms with van der Waals surface area (Å²) in [6.45, 7) is 3.50. The van der Waals surface area contributed by atoms with Crippen LogP contribution >= 0.6 is 0 Å². The van der Waals surface area contributed by atoms with Crippen molar-refractivity contribution in [2.45, 2.75) is 13.3 Å². The van der Waals surface area contributed by atoms with Gasteiger partial charge in [-0.25, -0.2) is 0 Å². The molecule has 0 bridgehead atoms. The van der Waals surface area contributed by atoms with Crippen molar-refractivity contribution in [1.29, 1.82) is 0 Å². The normalized spacial score (nSPS) is 10.2. The third-order valence-corrected chi connectivity index (χ3v) is 3.54. The second-order valence-electron chi connectivity index (χ2n) is 5.66. The minimum absolute atomic E-state index is 0.215. The average molecular weight is 356 g/mol. The molecule has 2 aromatic carbocycles. The highest BCUT2D eigenvalue weighted by molar-refractivity contribution is 6.05. The fourth-order valence-electron chi connectivity index (χ4n) is 2.26. The molecule has 6 nitrogen and oxygen atoms in total. The Bertz CT molecular complexity index is 746. The van der Waals surface area contributed by atoms with E-state index in [0.717, 1.165) is 6.42 Å². The minimum Gasteiger partial charge on any atom is -0.494 e. The quantitative estimate of drug-likeness (QED) is 0.677. The van der Waals surface area contributed by atoms with Crippen molar-refractivity contribution in [3.8, 4) is 5.75 Å². The van der Waals surface area contributed by atoms with Crippen molar-refractivity contribution in [1.82, 2.24) is 5.32 Å². The van der Waals surface area contributed by atoms with Gasteiger partial charge in [0.2, 0.25) is 0 Å². The van der Waals surface area contributed by atoms with Crippen LogP contribution in [0, 0.1) is 0 Å². The smallest absolute Gasteiger partial charge is 0.255 e. The van der Waals surface area contributed by atoms with Gasteiger partial charge in [0.15, 0.2) is 0 Å². The van der Waals surface area contributed by atoms with E-state index in [9.17, 15) is 9.59 Å². The number of benzene rings is 2. The Balaban J connectivity index is 2.03. The molecule has 0 aliphatic heterocycles. The SMILES string of the molecule is CCCOc1cccc(C(=O)Nc2cccc(C(=O)NCCOC)c2)c1. The molecule has 0 radical (unpaired) electrons. The number of amides is 2. The van der Waals surface area contributed by atoms with Crippen molar-refractivity contribution in [3.05, 3.63) is 59.7 Å². The lowest BCUT2D eigenvalue weighted by atomic mass is 10.1. The van der Waals surface area contributed by atoms with Gasteiger partial charge in [-0.2, -0.15) is 0 Å². The van der Waals surface area contributed by atoms with Gasteiger partial charge in [-0.3, -0.25) is 9.59 Å². The number of carbonyl (C=O) groups excluding carboxylic acids is 2. The van der Waals surface area contributed by atoms with E-state index in [2.05, 4.69) is 10.6 Å². The molecule has 2 amide bonds. The van der Waals surface area contributed by atoms with E-state index in [1.54, 1.807) is 49.6 Å². The van der Waals surface area contributed by atoms with E-state index in [0.29, 0.717) is 42.3 Å². The predicted molar refractivity (Wildman–Crippen MR) is 101 cm³/mol. The summed E-state index contributed by atoms with van der Waals surface area (Å²) in [5.74, 6) is 0.183. The van der Waals surface area contributed by atoms with Crippen LogP contribution < -0.4 is 15.4 Å². The van der Waals surface area contributed by atoms with Gasteiger partial charge in [0.05, 0.1) is 13.2 Å². The molecular formula is C20H24N2O4. The Morgan fingerprint density at radius 1 is 0.962 bits per heavy atom. The van der Waals surface area contributed by atoms with Gasteiger partial charge >= 0.3 is 0 Å². The first-order valence-electron chi connectivity index (χ1n) is 8.55. The number of anilines is 1. The van der Waals surface area contributed by atoms with E-state index in [1.165, 1.54) is 0 Å². The van der Waals surface area contributed by atoms with Crippen molar-refractivity contribution < 1.29 is 19.1 Å². The molecule has 0 aromatic heterocycles.